The molecule has 0 aliphatic carbocycles. The van der Waals surface area contributed by atoms with Gasteiger partial charge in [-0.15, -0.1) is 11.3 Å². The van der Waals surface area contributed by atoms with Gasteiger partial charge >= 0.3 is 5.97 Å². The zero-order valence-electron chi connectivity index (χ0n) is 8.74. The van der Waals surface area contributed by atoms with Crippen LogP contribution in [0.5, 0.6) is 5.75 Å². The first-order chi connectivity index (χ1) is 7.65. The van der Waals surface area contributed by atoms with Crippen molar-refractivity contribution in [1.82, 2.24) is 0 Å². The van der Waals surface area contributed by atoms with Crippen LogP contribution in [0.25, 0.3) is 10.1 Å². The third-order valence-corrected chi connectivity index (χ3v) is 3.80. The molecular formula is C11H9BrO3S. The zero-order valence-corrected chi connectivity index (χ0v) is 11.1. The minimum atomic E-state index is -0.357. The van der Waals surface area contributed by atoms with Gasteiger partial charge in [-0.05, 0) is 34.1 Å². The van der Waals surface area contributed by atoms with Crippen LogP contribution < -0.4 is 4.74 Å². The summed E-state index contributed by atoms with van der Waals surface area (Å²) in [5.74, 6) is 0.324. The molecule has 1 aromatic heterocycles. The maximum absolute atomic E-state index is 11.4. The summed E-state index contributed by atoms with van der Waals surface area (Å²) in [4.78, 5) is 11.4. The van der Waals surface area contributed by atoms with Crippen LogP contribution in [0.15, 0.2) is 22.0 Å². The summed E-state index contributed by atoms with van der Waals surface area (Å²) in [6.45, 7) is 0. The number of methoxy groups -OCH3 is 2. The Morgan fingerprint density at radius 1 is 1.31 bits per heavy atom. The maximum Gasteiger partial charge on any atom is 0.338 e. The Morgan fingerprint density at radius 3 is 2.69 bits per heavy atom. The third-order valence-electron chi connectivity index (χ3n) is 2.21. The summed E-state index contributed by atoms with van der Waals surface area (Å²) in [6, 6.07) is 5.46. The molecule has 0 amide bonds. The molecule has 0 aliphatic heterocycles. The SMILES string of the molecule is COC(=O)c1cc(OC)c2cc(Br)sc2c1. The summed E-state index contributed by atoms with van der Waals surface area (Å²) in [5.41, 5.74) is 0.501. The molecule has 0 spiro atoms. The fraction of sp³-hybridized carbons (Fsp3) is 0.182. The lowest BCUT2D eigenvalue weighted by Gasteiger charge is -2.04. The molecule has 5 heteroatoms. The second-order valence-corrected chi connectivity index (χ2v) is 5.60. The van der Waals surface area contributed by atoms with E-state index >= 15 is 0 Å². The van der Waals surface area contributed by atoms with E-state index in [-0.39, 0.29) is 5.97 Å². The Morgan fingerprint density at radius 2 is 2.06 bits per heavy atom. The molecule has 0 atom stereocenters. The van der Waals surface area contributed by atoms with Crippen molar-refractivity contribution < 1.29 is 14.3 Å². The highest BCUT2D eigenvalue weighted by Gasteiger charge is 2.12. The average Bonchev–Trinajstić information content (AvgIpc) is 2.66. The van der Waals surface area contributed by atoms with Gasteiger partial charge in [0.2, 0.25) is 0 Å². The number of thiophene rings is 1. The average molecular weight is 301 g/mol. The van der Waals surface area contributed by atoms with Gasteiger partial charge in [0.15, 0.2) is 0 Å². The van der Waals surface area contributed by atoms with E-state index in [4.69, 9.17) is 4.74 Å². The smallest absolute Gasteiger partial charge is 0.338 e. The number of carbonyl (C=O) groups is 1. The maximum atomic E-state index is 11.4. The molecule has 2 aromatic rings. The lowest BCUT2D eigenvalue weighted by atomic mass is 10.1. The second kappa shape index (κ2) is 4.43. The van der Waals surface area contributed by atoms with E-state index in [0.717, 1.165) is 13.9 Å². The quantitative estimate of drug-likeness (QED) is 0.797. The molecule has 0 N–H and O–H groups in total. The number of rotatable bonds is 2. The Kier molecular flexibility index (Phi) is 3.16. The first-order valence-electron chi connectivity index (χ1n) is 4.51. The molecule has 16 heavy (non-hydrogen) atoms. The van der Waals surface area contributed by atoms with Gasteiger partial charge in [-0.25, -0.2) is 4.79 Å². The van der Waals surface area contributed by atoms with Crippen LogP contribution in [0.3, 0.4) is 0 Å². The van der Waals surface area contributed by atoms with Crippen LogP contribution in [0.1, 0.15) is 10.4 Å². The first kappa shape index (κ1) is 11.4. The van der Waals surface area contributed by atoms with Crippen molar-refractivity contribution in [1.29, 1.82) is 0 Å². The Hall–Kier alpha value is -1.07. The number of hydrogen-bond acceptors (Lipinski definition) is 4. The Labute approximate surface area is 105 Å². The molecule has 0 bridgehead atoms. The molecule has 0 unspecified atom stereocenters. The summed E-state index contributed by atoms with van der Waals surface area (Å²) >= 11 is 4.97. The van der Waals surface area contributed by atoms with E-state index in [1.54, 1.807) is 30.6 Å². The molecule has 0 radical (unpaired) electrons. The van der Waals surface area contributed by atoms with E-state index < -0.39 is 0 Å². The highest BCUT2D eigenvalue weighted by atomic mass is 79.9. The van der Waals surface area contributed by atoms with Gasteiger partial charge in [0.1, 0.15) is 5.75 Å². The highest BCUT2D eigenvalue weighted by Crippen LogP contribution is 2.36. The molecule has 0 saturated carbocycles. The van der Waals surface area contributed by atoms with E-state index in [9.17, 15) is 4.79 Å². The van der Waals surface area contributed by atoms with Crippen molar-refractivity contribution in [3.63, 3.8) is 0 Å². The van der Waals surface area contributed by atoms with E-state index in [1.807, 2.05) is 6.07 Å². The lowest BCUT2D eigenvalue weighted by molar-refractivity contribution is 0.0600. The van der Waals surface area contributed by atoms with Crippen LogP contribution in [0.2, 0.25) is 0 Å². The molecule has 3 nitrogen and oxygen atoms in total. The number of benzene rings is 1. The van der Waals surface area contributed by atoms with Crippen LogP contribution in [-0.2, 0) is 4.74 Å². The summed E-state index contributed by atoms with van der Waals surface area (Å²) in [6.07, 6.45) is 0. The standard InChI is InChI=1S/C11H9BrO3S/c1-14-8-3-6(11(13)15-2)4-9-7(8)5-10(12)16-9/h3-5H,1-2H3. The number of carbonyl (C=O) groups excluding carboxylic acids is 1. The number of halogens is 1. The van der Waals surface area contributed by atoms with Gasteiger partial charge < -0.3 is 9.47 Å². The monoisotopic (exact) mass is 300 g/mol. The fourth-order valence-electron chi connectivity index (χ4n) is 1.48. The van der Waals surface area contributed by atoms with Crippen LogP contribution in [0.4, 0.5) is 0 Å². The molecule has 0 saturated heterocycles. The number of hydrogen-bond donors (Lipinski definition) is 0. The van der Waals surface area contributed by atoms with Crippen LogP contribution in [-0.4, -0.2) is 20.2 Å². The molecule has 0 aliphatic rings. The van der Waals surface area contributed by atoms with Crippen molar-refractivity contribution in [2.24, 2.45) is 0 Å². The summed E-state index contributed by atoms with van der Waals surface area (Å²) < 4.78 is 11.9. The van der Waals surface area contributed by atoms with Crippen molar-refractivity contribution in [3.05, 3.63) is 27.5 Å². The normalized spacial score (nSPS) is 10.4. The molecule has 84 valence electrons. The second-order valence-electron chi connectivity index (χ2n) is 3.13. The molecular weight excluding hydrogens is 292 g/mol. The zero-order chi connectivity index (χ0) is 11.7. The van der Waals surface area contributed by atoms with Gasteiger partial charge in [-0.2, -0.15) is 0 Å². The Bertz CT molecular complexity index is 547. The lowest BCUT2D eigenvalue weighted by Crippen LogP contribution is -2.01. The van der Waals surface area contributed by atoms with E-state index in [0.29, 0.717) is 11.3 Å². The fourth-order valence-corrected chi connectivity index (χ4v) is 3.07. The molecule has 0 fully saturated rings. The van der Waals surface area contributed by atoms with Gasteiger partial charge in [0.25, 0.3) is 0 Å². The van der Waals surface area contributed by atoms with Crippen molar-refractivity contribution in [2.75, 3.05) is 14.2 Å². The number of ether oxygens (including phenoxy) is 2. The molecule has 2 rings (SSSR count). The van der Waals surface area contributed by atoms with Gasteiger partial charge in [0.05, 0.1) is 23.6 Å². The van der Waals surface area contributed by atoms with Crippen molar-refractivity contribution in [2.45, 2.75) is 0 Å². The van der Waals surface area contributed by atoms with E-state index in [1.165, 1.54) is 7.11 Å². The van der Waals surface area contributed by atoms with Gasteiger partial charge in [0, 0.05) is 10.1 Å². The Balaban J connectivity index is 2.67. The van der Waals surface area contributed by atoms with Gasteiger partial charge in [-0.1, -0.05) is 0 Å². The minimum absolute atomic E-state index is 0.357. The first-order valence-corrected chi connectivity index (χ1v) is 6.12. The van der Waals surface area contributed by atoms with Crippen LogP contribution in [0, 0.1) is 0 Å². The summed E-state index contributed by atoms with van der Waals surface area (Å²) in [7, 11) is 2.95. The largest absolute Gasteiger partial charge is 0.496 e. The number of esters is 1. The topological polar surface area (TPSA) is 35.5 Å². The molecule has 1 aromatic carbocycles. The highest BCUT2D eigenvalue weighted by molar-refractivity contribution is 9.11. The van der Waals surface area contributed by atoms with Crippen LogP contribution >= 0.6 is 27.3 Å². The van der Waals surface area contributed by atoms with E-state index in [2.05, 4.69) is 20.7 Å². The summed E-state index contributed by atoms with van der Waals surface area (Å²) in [5, 5.41) is 0.993. The van der Waals surface area contributed by atoms with Crippen molar-refractivity contribution >= 4 is 43.3 Å². The van der Waals surface area contributed by atoms with Gasteiger partial charge in [-0.3, -0.25) is 0 Å². The van der Waals surface area contributed by atoms with Crippen molar-refractivity contribution in [3.8, 4) is 5.75 Å². The predicted octanol–water partition coefficient (Wildman–Crippen LogP) is 3.46. The number of fused-ring (bicyclic) bond motifs is 1. The minimum Gasteiger partial charge on any atom is -0.496 e. The predicted molar refractivity (Wildman–Crippen MR) is 67.4 cm³/mol. The third kappa shape index (κ3) is 1.92. The molecule has 1 heterocycles.